The van der Waals surface area contributed by atoms with Gasteiger partial charge in [-0.1, -0.05) is 48.5 Å². The molecule has 0 bridgehead atoms. The molecule has 0 aromatic heterocycles. The van der Waals surface area contributed by atoms with Gasteiger partial charge in [0.15, 0.2) is 5.76 Å². The van der Waals surface area contributed by atoms with E-state index in [9.17, 15) is 9.59 Å². The Morgan fingerprint density at radius 3 is 2.48 bits per heavy atom. The molecule has 1 aliphatic carbocycles. The first-order chi connectivity index (χ1) is 14.0. The SMILES string of the molecule is Cc1c(OC(=O)C2CCCCC2)ccc2c1O/C(=C\c1c(Cl)cccc1Cl)C2=O. The number of fused-ring (bicyclic) bond motifs is 1. The molecule has 2 aliphatic rings. The molecule has 0 saturated heterocycles. The number of benzene rings is 2. The van der Waals surface area contributed by atoms with Crippen LogP contribution in [0, 0.1) is 12.8 Å². The zero-order valence-corrected chi connectivity index (χ0v) is 17.5. The van der Waals surface area contributed by atoms with Gasteiger partial charge in [-0.2, -0.15) is 0 Å². The van der Waals surface area contributed by atoms with Crippen molar-refractivity contribution in [1.82, 2.24) is 0 Å². The van der Waals surface area contributed by atoms with E-state index in [4.69, 9.17) is 32.7 Å². The number of carbonyl (C=O) groups is 2. The summed E-state index contributed by atoms with van der Waals surface area (Å²) in [5.41, 5.74) is 1.57. The number of allylic oxidation sites excluding steroid dienone is 1. The van der Waals surface area contributed by atoms with Crippen molar-refractivity contribution in [2.45, 2.75) is 39.0 Å². The van der Waals surface area contributed by atoms with E-state index in [1.807, 2.05) is 0 Å². The van der Waals surface area contributed by atoms with E-state index in [-0.39, 0.29) is 23.4 Å². The number of esters is 1. The Hall–Kier alpha value is -2.30. The first-order valence-corrected chi connectivity index (χ1v) is 10.4. The summed E-state index contributed by atoms with van der Waals surface area (Å²) in [6.07, 6.45) is 6.55. The fourth-order valence-corrected chi connectivity index (χ4v) is 4.29. The van der Waals surface area contributed by atoms with Crippen molar-refractivity contribution >= 4 is 41.0 Å². The van der Waals surface area contributed by atoms with Gasteiger partial charge in [0, 0.05) is 21.2 Å². The van der Waals surface area contributed by atoms with Crippen LogP contribution in [0.25, 0.3) is 6.08 Å². The van der Waals surface area contributed by atoms with Gasteiger partial charge in [0.1, 0.15) is 11.5 Å². The topological polar surface area (TPSA) is 52.6 Å². The summed E-state index contributed by atoms with van der Waals surface area (Å²) in [6.45, 7) is 1.78. The molecule has 2 aromatic carbocycles. The van der Waals surface area contributed by atoms with Gasteiger partial charge in [-0.05, 0) is 50.1 Å². The van der Waals surface area contributed by atoms with Gasteiger partial charge in [-0.15, -0.1) is 0 Å². The first kappa shape index (κ1) is 20.0. The van der Waals surface area contributed by atoms with Crippen LogP contribution in [0.3, 0.4) is 0 Å². The molecule has 1 saturated carbocycles. The number of hydrogen-bond acceptors (Lipinski definition) is 4. The molecule has 29 heavy (non-hydrogen) atoms. The number of halogens is 2. The lowest BCUT2D eigenvalue weighted by Crippen LogP contribution is -2.23. The van der Waals surface area contributed by atoms with Crippen molar-refractivity contribution in [3.05, 3.63) is 62.8 Å². The number of ketones is 1. The van der Waals surface area contributed by atoms with E-state index < -0.39 is 0 Å². The molecule has 150 valence electrons. The first-order valence-electron chi connectivity index (χ1n) is 9.69. The average Bonchev–Trinajstić information content (AvgIpc) is 3.04. The summed E-state index contributed by atoms with van der Waals surface area (Å²) in [5, 5.41) is 0.854. The van der Waals surface area contributed by atoms with Crippen LogP contribution in [0.15, 0.2) is 36.1 Å². The fourth-order valence-electron chi connectivity index (χ4n) is 3.79. The molecule has 4 nitrogen and oxygen atoms in total. The van der Waals surface area contributed by atoms with Crippen LogP contribution in [0.2, 0.25) is 10.0 Å². The molecule has 1 aliphatic heterocycles. The molecule has 0 atom stereocenters. The smallest absolute Gasteiger partial charge is 0.314 e. The third-order valence-electron chi connectivity index (χ3n) is 5.46. The molecule has 1 heterocycles. The quantitative estimate of drug-likeness (QED) is 0.320. The van der Waals surface area contributed by atoms with Gasteiger partial charge in [0.2, 0.25) is 5.78 Å². The van der Waals surface area contributed by atoms with Crippen molar-refractivity contribution in [3.8, 4) is 11.5 Å². The molecule has 0 unspecified atom stereocenters. The predicted octanol–water partition coefficient (Wildman–Crippen LogP) is 6.40. The van der Waals surface area contributed by atoms with Crippen LogP contribution < -0.4 is 9.47 Å². The summed E-state index contributed by atoms with van der Waals surface area (Å²) in [6, 6.07) is 8.40. The molecular weight excluding hydrogens is 411 g/mol. The molecule has 0 amide bonds. The average molecular weight is 431 g/mol. The van der Waals surface area contributed by atoms with E-state index in [2.05, 4.69) is 0 Å². The standard InChI is InChI=1S/C23H20Cl2O4/c1-13-19(29-23(27)14-6-3-2-4-7-14)11-10-15-21(26)20(28-22(13)15)12-16-17(24)8-5-9-18(16)25/h5,8-12,14H,2-4,6-7H2,1H3/b20-12-. The Morgan fingerprint density at radius 1 is 1.10 bits per heavy atom. The lowest BCUT2D eigenvalue weighted by atomic mass is 9.89. The number of Topliss-reactive ketones (excluding diaryl/α,β-unsaturated/α-hetero) is 1. The molecule has 0 spiro atoms. The van der Waals surface area contributed by atoms with Crippen LogP contribution >= 0.6 is 23.2 Å². The third kappa shape index (κ3) is 3.92. The van der Waals surface area contributed by atoms with E-state index in [1.165, 1.54) is 6.42 Å². The van der Waals surface area contributed by atoms with Crippen LogP contribution in [-0.2, 0) is 4.79 Å². The Kier molecular flexibility index (Phi) is 5.66. The second-order valence-electron chi connectivity index (χ2n) is 7.40. The largest absolute Gasteiger partial charge is 0.452 e. The number of hydrogen-bond donors (Lipinski definition) is 0. The minimum atomic E-state index is -0.260. The zero-order valence-electron chi connectivity index (χ0n) is 16.0. The summed E-state index contributed by atoms with van der Waals surface area (Å²) < 4.78 is 11.5. The molecule has 0 N–H and O–H groups in total. The highest BCUT2D eigenvalue weighted by Crippen LogP contribution is 2.40. The summed E-state index contributed by atoms with van der Waals surface area (Å²) in [4.78, 5) is 25.3. The number of rotatable bonds is 3. The third-order valence-corrected chi connectivity index (χ3v) is 6.12. The van der Waals surface area contributed by atoms with E-state index in [0.29, 0.717) is 38.2 Å². The molecule has 6 heteroatoms. The molecular formula is C23H20Cl2O4. The Labute approximate surface area is 179 Å². The van der Waals surface area contributed by atoms with Crippen molar-refractivity contribution in [2.75, 3.05) is 0 Å². The van der Waals surface area contributed by atoms with Crippen LogP contribution in [0.1, 0.15) is 53.6 Å². The molecule has 4 rings (SSSR count). The lowest BCUT2D eigenvalue weighted by molar-refractivity contribution is -0.140. The maximum absolute atomic E-state index is 12.8. The van der Waals surface area contributed by atoms with Crippen LogP contribution in [0.4, 0.5) is 0 Å². The van der Waals surface area contributed by atoms with Crippen LogP contribution in [-0.4, -0.2) is 11.8 Å². The van der Waals surface area contributed by atoms with Crippen molar-refractivity contribution in [1.29, 1.82) is 0 Å². The fraction of sp³-hybridized carbons (Fsp3) is 0.304. The lowest BCUT2D eigenvalue weighted by Gasteiger charge is -2.20. The molecule has 1 fully saturated rings. The maximum Gasteiger partial charge on any atom is 0.314 e. The minimum Gasteiger partial charge on any atom is -0.452 e. The van der Waals surface area contributed by atoms with Gasteiger partial charge >= 0.3 is 5.97 Å². The second kappa shape index (κ2) is 8.21. The predicted molar refractivity (Wildman–Crippen MR) is 113 cm³/mol. The van der Waals surface area contributed by atoms with Gasteiger partial charge < -0.3 is 9.47 Å². The Morgan fingerprint density at radius 2 is 1.79 bits per heavy atom. The van der Waals surface area contributed by atoms with Gasteiger partial charge in [-0.3, -0.25) is 9.59 Å². The monoisotopic (exact) mass is 430 g/mol. The Bertz CT molecular complexity index is 1000. The number of ether oxygens (including phenoxy) is 2. The highest BCUT2D eigenvalue weighted by Gasteiger charge is 2.31. The summed E-state index contributed by atoms with van der Waals surface area (Å²) in [7, 11) is 0. The highest BCUT2D eigenvalue weighted by atomic mass is 35.5. The van der Waals surface area contributed by atoms with Crippen molar-refractivity contribution in [3.63, 3.8) is 0 Å². The summed E-state index contributed by atoms with van der Waals surface area (Å²) >= 11 is 12.4. The Balaban J connectivity index is 1.60. The summed E-state index contributed by atoms with van der Waals surface area (Å²) in [5.74, 6) is 0.424. The minimum absolute atomic E-state index is 0.0585. The van der Waals surface area contributed by atoms with E-state index in [1.54, 1.807) is 43.3 Å². The molecule has 0 radical (unpaired) electrons. The van der Waals surface area contributed by atoms with Crippen molar-refractivity contribution in [2.24, 2.45) is 5.92 Å². The zero-order chi connectivity index (χ0) is 20.5. The van der Waals surface area contributed by atoms with E-state index in [0.717, 1.165) is 25.7 Å². The van der Waals surface area contributed by atoms with Gasteiger partial charge in [0.05, 0.1) is 11.5 Å². The van der Waals surface area contributed by atoms with Crippen LogP contribution in [0.5, 0.6) is 11.5 Å². The van der Waals surface area contributed by atoms with Gasteiger partial charge in [-0.25, -0.2) is 0 Å². The van der Waals surface area contributed by atoms with Gasteiger partial charge in [0.25, 0.3) is 0 Å². The normalized spacial score (nSPS) is 17.9. The maximum atomic E-state index is 12.8. The second-order valence-corrected chi connectivity index (χ2v) is 8.21. The van der Waals surface area contributed by atoms with E-state index >= 15 is 0 Å². The highest BCUT2D eigenvalue weighted by molar-refractivity contribution is 6.37. The van der Waals surface area contributed by atoms with Crippen molar-refractivity contribution < 1.29 is 19.1 Å². The molecule has 2 aromatic rings. The number of carbonyl (C=O) groups excluding carboxylic acids is 2.